The average molecular weight is 537 g/mol. The zero-order valence-electron chi connectivity index (χ0n) is 22.3. The van der Waals surface area contributed by atoms with E-state index in [9.17, 15) is 24.6 Å². The fraction of sp³-hybridized carbons (Fsp3) is 0.379. The highest BCUT2D eigenvalue weighted by molar-refractivity contribution is 5.92. The van der Waals surface area contributed by atoms with E-state index < -0.39 is 36.1 Å². The summed E-state index contributed by atoms with van der Waals surface area (Å²) >= 11 is 0. The highest BCUT2D eigenvalue weighted by atomic mass is 16.4. The van der Waals surface area contributed by atoms with E-state index in [0.717, 1.165) is 17.4 Å². The molecular formula is C29H36N4O6. The van der Waals surface area contributed by atoms with Gasteiger partial charge in [0.1, 0.15) is 12.3 Å². The number of benzene rings is 2. The maximum atomic E-state index is 13.1. The highest BCUT2D eigenvalue weighted by Gasteiger charge is 2.31. The van der Waals surface area contributed by atoms with E-state index in [-0.39, 0.29) is 30.0 Å². The number of amides is 3. The number of nitrogens with one attached hydrogen (secondary N) is 3. The van der Waals surface area contributed by atoms with Crippen molar-refractivity contribution in [3.05, 3.63) is 89.6 Å². The lowest BCUT2D eigenvalue weighted by Gasteiger charge is -2.26. The normalized spacial score (nSPS) is 14.2. The predicted molar refractivity (Wildman–Crippen MR) is 145 cm³/mol. The van der Waals surface area contributed by atoms with Crippen molar-refractivity contribution in [2.75, 3.05) is 0 Å². The van der Waals surface area contributed by atoms with Gasteiger partial charge in [0.15, 0.2) is 11.8 Å². The number of aryl methyl sites for hydroxylation is 1. The van der Waals surface area contributed by atoms with Gasteiger partial charge in [-0.05, 0) is 43.2 Å². The van der Waals surface area contributed by atoms with E-state index in [1.165, 1.54) is 0 Å². The summed E-state index contributed by atoms with van der Waals surface area (Å²) in [4.78, 5) is 41.3. The van der Waals surface area contributed by atoms with Crippen molar-refractivity contribution >= 4 is 17.9 Å². The third kappa shape index (κ3) is 8.96. The second kappa shape index (κ2) is 14.1. The maximum Gasteiger partial charge on any atom is 0.405 e. The number of aromatic nitrogens is 1. The molecule has 1 aromatic heterocycles. The summed E-state index contributed by atoms with van der Waals surface area (Å²) < 4.78 is 5.46. The SMILES string of the molecule is CC(C)CC(NC(=O)O)C(=O)NC(CCc1ccccc1)C(O)c1nc(C(=O)N[C@H](C)c2ccccc2)co1. The molecule has 0 radical (unpaired) electrons. The standard InChI is InChI=1S/C29H36N4O6/c1-18(2)16-23(33-29(37)38)26(35)31-22(15-14-20-10-6-4-7-11-20)25(34)28-32-24(17-39-28)27(36)30-19(3)21-12-8-5-9-13-21/h4-13,17-19,22-23,25,33-34H,14-16H2,1-3H3,(H,30,36)(H,31,35)(H,37,38)/t19-,22?,23?,25?/m1/s1. The number of carbonyl (C=O) groups excluding carboxylic acids is 2. The van der Waals surface area contributed by atoms with E-state index in [4.69, 9.17) is 4.42 Å². The molecule has 4 atom stereocenters. The van der Waals surface area contributed by atoms with E-state index >= 15 is 0 Å². The van der Waals surface area contributed by atoms with Crippen molar-refractivity contribution in [1.29, 1.82) is 0 Å². The third-order valence-electron chi connectivity index (χ3n) is 6.27. The number of oxazole rings is 1. The molecular weight excluding hydrogens is 500 g/mol. The Hall–Kier alpha value is -4.18. The monoisotopic (exact) mass is 536 g/mol. The van der Waals surface area contributed by atoms with Gasteiger partial charge in [0.2, 0.25) is 11.8 Å². The first-order valence-electron chi connectivity index (χ1n) is 13.0. The van der Waals surface area contributed by atoms with Gasteiger partial charge in [-0.25, -0.2) is 9.78 Å². The summed E-state index contributed by atoms with van der Waals surface area (Å²) in [6.45, 7) is 5.60. The van der Waals surface area contributed by atoms with Gasteiger partial charge < -0.3 is 30.6 Å². The lowest BCUT2D eigenvalue weighted by Crippen LogP contribution is -2.51. The molecule has 5 N–H and O–H groups in total. The van der Waals surface area contributed by atoms with Gasteiger partial charge in [-0.15, -0.1) is 0 Å². The number of aliphatic hydroxyl groups is 1. The molecule has 10 nitrogen and oxygen atoms in total. The Morgan fingerprint density at radius 1 is 0.923 bits per heavy atom. The average Bonchev–Trinajstić information content (AvgIpc) is 3.41. The molecule has 39 heavy (non-hydrogen) atoms. The molecule has 10 heteroatoms. The Kier molecular flexibility index (Phi) is 10.6. The van der Waals surface area contributed by atoms with Crippen LogP contribution in [0.15, 0.2) is 71.3 Å². The Balaban J connectivity index is 1.75. The van der Waals surface area contributed by atoms with Crippen LogP contribution in [0.3, 0.4) is 0 Å². The number of nitrogens with zero attached hydrogens (tertiary/aromatic N) is 1. The fourth-order valence-corrected chi connectivity index (χ4v) is 4.21. The van der Waals surface area contributed by atoms with Crippen LogP contribution in [0.1, 0.15) is 73.3 Å². The largest absolute Gasteiger partial charge is 0.465 e. The van der Waals surface area contributed by atoms with E-state index in [2.05, 4.69) is 20.9 Å². The molecule has 3 aromatic rings. The maximum absolute atomic E-state index is 13.1. The first kappa shape index (κ1) is 29.4. The van der Waals surface area contributed by atoms with Crippen LogP contribution in [0.4, 0.5) is 4.79 Å². The number of hydrogen-bond donors (Lipinski definition) is 5. The summed E-state index contributed by atoms with van der Waals surface area (Å²) in [7, 11) is 0. The second-order valence-corrected chi connectivity index (χ2v) is 9.89. The van der Waals surface area contributed by atoms with Gasteiger partial charge in [0.25, 0.3) is 5.91 Å². The second-order valence-electron chi connectivity index (χ2n) is 9.89. The molecule has 208 valence electrons. The summed E-state index contributed by atoms with van der Waals surface area (Å²) in [6, 6.07) is 16.8. The summed E-state index contributed by atoms with van der Waals surface area (Å²) in [6.07, 6.45) is -0.418. The van der Waals surface area contributed by atoms with Crippen molar-refractivity contribution in [3.8, 4) is 0 Å². The van der Waals surface area contributed by atoms with Crippen LogP contribution in [-0.2, 0) is 11.2 Å². The minimum absolute atomic E-state index is 0.00908. The van der Waals surface area contributed by atoms with Crippen LogP contribution in [-0.4, -0.2) is 45.2 Å². The molecule has 0 fully saturated rings. The Morgan fingerprint density at radius 2 is 1.56 bits per heavy atom. The molecule has 0 bridgehead atoms. The van der Waals surface area contributed by atoms with Crippen LogP contribution in [0.25, 0.3) is 0 Å². The lowest BCUT2D eigenvalue weighted by molar-refractivity contribution is -0.125. The zero-order valence-corrected chi connectivity index (χ0v) is 22.3. The Labute approximate surface area is 227 Å². The smallest absolute Gasteiger partial charge is 0.405 e. The number of carboxylic acid groups (broad SMARTS) is 1. The summed E-state index contributed by atoms with van der Waals surface area (Å²) in [5.74, 6) is -1.12. The molecule has 0 aliphatic heterocycles. The van der Waals surface area contributed by atoms with Crippen molar-refractivity contribution in [3.63, 3.8) is 0 Å². The number of aliphatic hydroxyl groups excluding tert-OH is 1. The van der Waals surface area contributed by atoms with Crippen molar-refractivity contribution in [2.45, 2.75) is 64.3 Å². The van der Waals surface area contributed by atoms with Gasteiger partial charge in [-0.3, -0.25) is 9.59 Å². The van der Waals surface area contributed by atoms with Gasteiger partial charge in [-0.1, -0.05) is 74.5 Å². The zero-order chi connectivity index (χ0) is 28.4. The van der Waals surface area contributed by atoms with Crippen LogP contribution in [0.2, 0.25) is 0 Å². The quantitative estimate of drug-likeness (QED) is 0.221. The molecule has 3 unspecified atom stereocenters. The van der Waals surface area contributed by atoms with E-state index in [1.807, 2.05) is 81.4 Å². The van der Waals surface area contributed by atoms with Crippen LogP contribution in [0.5, 0.6) is 0 Å². The summed E-state index contributed by atoms with van der Waals surface area (Å²) in [5, 5.41) is 28.2. The number of rotatable bonds is 13. The summed E-state index contributed by atoms with van der Waals surface area (Å²) in [5.41, 5.74) is 1.91. The number of carbonyl (C=O) groups is 3. The topological polar surface area (TPSA) is 154 Å². The van der Waals surface area contributed by atoms with Gasteiger partial charge in [-0.2, -0.15) is 0 Å². The molecule has 0 aliphatic carbocycles. The van der Waals surface area contributed by atoms with E-state index in [1.54, 1.807) is 0 Å². The minimum Gasteiger partial charge on any atom is -0.465 e. The Bertz CT molecular complexity index is 1210. The highest BCUT2D eigenvalue weighted by Crippen LogP contribution is 2.22. The lowest BCUT2D eigenvalue weighted by atomic mass is 9.99. The fourth-order valence-electron chi connectivity index (χ4n) is 4.21. The minimum atomic E-state index is -1.38. The van der Waals surface area contributed by atoms with Crippen molar-refractivity contribution in [1.82, 2.24) is 20.9 Å². The molecule has 3 amide bonds. The van der Waals surface area contributed by atoms with Crippen LogP contribution in [0, 0.1) is 5.92 Å². The molecule has 0 spiro atoms. The molecule has 0 saturated carbocycles. The molecule has 0 saturated heterocycles. The number of hydrogen-bond acceptors (Lipinski definition) is 6. The first-order chi connectivity index (χ1) is 18.6. The molecule has 3 rings (SSSR count). The molecule has 1 heterocycles. The first-order valence-corrected chi connectivity index (χ1v) is 13.0. The van der Waals surface area contributed by atoms with Crippen LogP contribution < -0.4 is 16.0 Å². The molecule has 2 aromatic carbocycles. The van der Waals surface area contributed by atoms with Gasteiger partial charge in [0.05, 0.1) is 12.1 Å². The van der Waals surface area contributed by atoms with Crippen molar-refractivity contribution < 1.29 is 29.0 Å². The Morgan fingerprint density at radius 3 is 2.18 bits per heavy atom. The van der Waals surface area contributed by atoms with Crippen molar-refractivity contribution in [2.24, 2.45) is 5.92 Å². The predicted octanol–water partition coefficient (Wildman–Crippen LogP) is 4.00. The van der Waals surface area contributed by atoms with Gasteiger partial charge in [0, 0.05) is 0 Å². The van der Waals surface area contributed by atoms with E-state index in [0.29, 0.717) is 12.8 Å². The van der Waals surface area contributed by atoms with Crippen LogP contribution >= 0.6 is 0 Å². The van der Waals surface area contributed by atoms with Gasteiger partial charge >= 0.3 is 6.09 Å². The molecule has 0 aliphatic rings. The third-order valence-corrected chi connectivity index (χ3v) is 6.27.